The highest BCUT2D eigenvalue weighted by atomic mass is 16.5. The Hall–Kier alpha value is -4.73. The molecule has 0 spiro atoms. The number of methoxy groups -OCH3 is 4. The fourth-order valence-electron chi connectivity index (χ4n) is 3.43. The zero-order valence-corrected chi connectivity index (χ0v) is 21.3. The molecular weight excluding hydrogens is 478 g/mol. The first-order valence-electron chi connectivity index (χ1n) is 11.2. The summed E-state index contributed by atoms with van der Waals surface area (Å²) in [4.78, 5) is 23.8. The Bertz CT molecular complexity index is 1250. The number of anilines is 1. The molecule has 0 saturated heterocycles. The van der Waals surface area contributed by atoms with E-state index < -0.39 is 5.91 Å². The van der Waals surface area contributed by atoms with Gasteiger partial charge < -0.3 is 29.0 Å². The van der Waals surface area contributed by atoms with Gasteiger partial charge in [0.1, 0.15) is 18.1 Å². The molecule has 3 rings (SSSR count). The number of nitrogens with zero attached hydrogens (tertiary/aromatic N) is 1. The van der Waals surface area contributed by atoms with Crippen LogP contribution < -0.4 is 34.4 Å². The van der Waals surface area contributed by atoms with Crippen molar-refractivity contribution >= 4 is 23.7 Å². The van der Waals surface area contributed by atoms with Crippen LogP contribution in [0, 0.1) is 0 Å². The van der Waals surface area contributed by atoms with Crippen molar-refractivity contribution < 1.29 is 33.3 Å². The number of benzene rings is 3. The predicted molar refractivity (Wildman–Crippen MR) is 139 cm³/mol. The number of carbonyl (C=O) groups is 2. The SMILES string of the molecule is COc1ccc(/C=N/NC(=O)c2cc(OC)c(OC)c(OC)c2)cc1COc1ccc(NC(C)=O)cc1. The second-order valence-corrected chi connectivity index (χ2v) is 7.68. The number of amides is 2. The maximum atomic E-state index is 12.6. The molecule has 0 fully saturated rings. The van der Waals surface area contributed by atoms with Crippen molar-refractivity contribution in [2.75, 3.05) is 33.8 Å². The Morgan fingerprint density at radius 3 is 2.05 bits per heavy atom. The quantitative estimate of drug-likeness (QED) is 0.297. The Kier molecular flexibility index (Phi) is 9.31. The number of nitrogens with one attached hydrogen (secondary N) is 2. The third kappa shape index (κ3) is 7.14. The van der Waals surface area contributed by atoms with Gasteiger partial charge in [0, 0.05) is 23.7 Å². The second-order valence-electron chi connectivity index (χ2n) is 7.68. The minimum absolute atomic E-state index is 0.142. The average Bonchev–Trinajstić information content (AvgIpc) is 2.91. The molecule has 0 aromatic heterocycles. The Morgan fingerprint density at radius 1 is 0.838 bits per heavy atom. The fraction of sp³-hybridized carbons (Fsp3) is 0.222. The second kappa shape index (κ2) is 12.8. The molecule has 0 radical (unpaired) electrons. The largest absolute Gasteiger partial charge is 0.496 e. The molecule has 0 unspecified atom stereocenters. The summed E-state index contributed by atoms with van der Waals surface area (Å²) in [6.07, 6.45) is 1.51. The molecule has 0 bridgehead atoms. The van der Waals surface area contributed by atoms with Gasteiger partial charge in [-0.15, -0.1) is 0 Å². The van der Waals surface area contributed by atoms with E-state index in [1.165, 1.54) is 46.6 Å². The van der Waals surface area contributed by atoms with E-state index in [9.17, 15) is 9.59 Å². The summed E-state index contributed by atoms with van der Waals surface area (Å²) >= 11 is 0. The lowest BCUT2D eigenvalue weighted by Gasteiger charge is -2.13. The van der Waals surface area contributed by atoms with Crippen molar-refractivity contribution in [2.24, 2.45) is 5.10 Å². The van der Waals surface area contributed by atoms with Crippen LogP contribution in [-0.4, -0.2) is 46.5 Å². The Balaban J connectivity index is 1.68. The molecule has 37 heavy (non-hydrogen) atoms. The molecule has 0 aliphatic rings. The molecule has 10 nitrogen and oxygen atoms in total. The highest BCUT2D eigenvalue weighted by Crippen LogP contribution is 2.38. The van der Waals surface area contributed by atoms with Crippen LogP contribution in [0.25, 0.3) is 0 Å². The van der Waals surface area contributed by atoms with Gasteiger partial charge in [0.25, 0.3) is 5.91 Å². The molecule has 0 heterocycles. The van der Waals surface area contributed by atoms with Crippen LogP contribution in [0.3, 0.4) is 0 Å². The van der Waals surface area contributed by atoms with Gasteiger partial charge in [-0.2, -0.15) is 5.10 Å². The van der Waals surface area contributed by atoms with E-state index in [1.54, 1.807) is 43.5 Å². The Labute approximate surface area is 215 Å². The van der Waals surface area contributed by atoms with E-state index in [-0.39, 0.29) is 12.5 Å². The van der Waals surface area contributed by atoms with Crippen molar-refractivity contribution in [2.45, 2.75) is 13.5 Å². The van der Waals surface area contributed by atoms with Gasteiger partial charge in [0.05, 0.1) is 34.7 Å². The first kappa shape index (κ1) is 26.9. The molecule has 2 N–H and O–H groups in total. The van der Waals surface area contributed by atoms with E-state index in [4.69, 9.17) is 23.7 Å². The van der Waals surface area contributed by atoms with Crippen molar-refractivity contribution in [1.29, 1.82) is 0 Å². The summed E-state index contributed by atoms with van der Waals surface area (Å²) in [7, 11) is 6.01. The number of hydrogen-bond donors (Lipinski definition) is 2. The summed E-state index contributed by atoms with van der Waals surface area (Å²) in [6.45, 7) is 1.69. The molecular formula is C27H29N3O7. The summed E-state index contributed by atoms with van der Waals surface area (Å²) in [5, 5.41) is 6.77. The molecule has 3 aromatic rings. The molecule has 3 aromatic carbocycles. The van der Waals surface area contributed by atoms with E-state index in [1.807, 2.05) is 6.07 Å². The van der Waals surface area contributed by atoms with Crippen LogP contribution in [0.1, 0.15) is 28.4 Å². The van der Waals surface area contributed by atoms with Gasteiger partial charge in [-0.3, -0.25) is 9.59 Å². The summed E-state index contributed by atoms with van der Waals surface area (Å²) in [6, 6.07) is 15.6. The summed E-state index contributed by atoms with van der Waals surface area (Å²) < 4.78 is 27.2. The number of hydrogen-bond acceptors (Lipinski definition) is 8. The third-order valence-corrected chi connectivity index (χ3v) is 5.18. The maximum absolute atomic E-state index is 12.6. The number of ether oxygens (including phenoxy) is 5. The van der Waals surface area contributed by atoms with Crippen LogP contribution in [0.2, 0.25) is 0 Å². The van der Waals surface area contributed by atoms with Crippen LogP contribution in [0.5, 0.6) is 28.7 Å². The molecule has 2 amide bonds. The predicted octanol–water partition coefficient (Wildman–Crippen LogP) is 4.02. The molecule has 0 aliphatic carbocycles. The van der Waals surface area contributed by atoms with Crippen molar-refractivity contribution in [3.63, 3.8) is 0 Å². The van der Waals surface area contributed by atoms with Gasteiger partial charge >= 0.3 is 0 Å². The minimum atomic E-state index is -0.449. The molecule has 0 aliphatic heterocycles. The average molecular weight is 508 g/mol. The summed E-state index contributed by atoms with van der Waals surface area (Å²) in [5.74, 6) is 1.80. The Morgan fingerprint density at radius 2 is 1.49 bits per heavy atom. The lowest BCUT2D eigenvalue weighted by molar-refractivity contribution is -0.114. The van der Waals surface area contributed by atoms with Crippen LogP contribution >= 0.6 is 0 Å². The van der Waals surface area contributed by atoms with Gasteiger partial charge in [0.2, 0.25) is 11.7 Å². The fourth-order valence-corrected chi connectivity index (χ4v) is 3.43. The van der Waals surface area contributed by atoms with E-state index in [0.29, 0.717) is 40.0 Å². The van der Waals surface area contributed by atoms with Crippen molar-refractivity contribution in [3.05, 3.63) is 71.3 Å². The maximum Gasteiger partial charge on any atom is 0.271 e. The van der Waals surface area contributed by atoms with E-state index in [2.05, 4.69) is 15.8 Å². The molecule has 10 heteroatoms. The molecule has 0 atom stereocenters. The van der Waals surface area contributed by atoms with Gasteiger partial charge in [-0.05, 0) is 60.2 Å². The lowest BCUT2D eigenvalue weighted by Crippen LogP contribution is -2.18. The first-order valence-corrected chi connectivity index (χ1v) is 11.2. The zero-order valence-electron chi connectivity index (χ0n) is 21.3. The van der Waals surface area contributed by atoms with Crippen molar-refractivity contribution in [1.82, 2.24) is 5.43 Å². The number of carbonyl (C=O) groups excluding carboxylic acids is 2. The van der Waals surface area contributed by atoms with Crippen LogP contribution in [0.15, 0.2) is 59.7 Å². The zero-order chi connectivity index (χ0) is 26.8. The van der Waals surface area contributed by atoms with Gasteiger partial charge in [0.15, 0.2) is 11.5 Å². The highest BCUT2D eigenvalue weighted by Gasteiger charge is 2.16. The molecule has 194 valence electrons. The highest BCUT2D eigenvalue weighted by molar-refractivity contribution is 5.96. The van der Waals surface area contributed by atoms with Crippen LogP contribution in [-0.2, 0) is 11.4 Å². The van der Waals surface area contributed by atoms with E-state index >= 15 is 0 Å². The van der Waals surface area contributed by atoms with Crippen LogP contribution in [0.4, 0.5) is 5.69 Å². The monoisotopic (exact) mass is 507 g/mol. The smallest absolute Gasteiger partial charge is 0.271 e. The normalized spacial score (nSPS) is 10.5. The topological polar surface area (TPSA) is 117 Å². The van der Waals surface area contributed by atoms with Gasteiger partial charge in [-0.1, -0.05) is 0 Å². The third-order valence-electron chi connectivity index (χ3n) is 5.18. The van der Waals surface area contributed by atoms with Gasteiger partial charge in [-0.25, -0.2) is 5.43 Å². The van der Waals surface area contributed by atoms with Crippen molar-refractivity contribution in [3.8, 4) is 28.7 Å². The molecule has 0 saturated carbocycles. The number of hydrazone groups is 1. The standard InChI is InChI=1S/C27H29N3O7/c1-17(31)29-21-7-9-22(10-8-21)37-16-20-12-18(6-11-23(20)33-2)15-28-30-27(32)19-13-24(34-3)26(36-5)25(14-19)35-4/h6-15H,16H2,1-5H3,(H,29,31)(H,30,32)/b28-15+. The summed E-state index contributed by atoms with van der Waals surface area (Å²) in [5.41, 5.74) is 4.99. The lowest BCUT2D eigenvalue weighted by atomic mass is 10.1. The van der Waals surface area contributed by atoms with E-state index in [0.717, 1.165) is 11.1 Å². The number of rotatable bonds is 11. The minimum Gasteiger partial charge on any atom is -0.496 e. The first-order chi connectivity index (χ1) is 17.9.